The minimum absolute atomic E-state index is 0.0774. The van der Waals surface area contributed by atoms with Crippen LogP contribution >= 0.6 is 0 Å². The lowest BCUT2D eigenvalue weighted by Gasteiger charge is -2.20. The van der Waals surface area contributed by atoms with Crippen molar-refractivity contribution in [2.75, 3.05) is 18.6 Å². The monoisotopic (exact) mass is 377 g/mol. The summed E-state index contributed by atoms with van der Waals surface area (Å²) in [6.45, 7) is 4.70. The summed E-state index contributed by atoms with van der Waals surface area (Å²) in [5.74, 6) is 0.422. The van der Waals surface area contributed by atoms with Crippen molar-refractivity contribution in [3.63, 3.8) is 0 Å². The predicted octanol–water partition coefficient (Wildman–Crippen LogP) is 3.35. The van der Waals surface area contributed by atoms with Crippen LogP contribution in [0, 0.1) is 13.8 Å². The number of aryl methyl sites for hydroxylation is 2. The van der Waals surface area contributed by atoms with Crippen LogP contribution in [0.5, 0.6) is 0 Å². The van der Waals surface area contributed by atoms with Crippen LogP contribution in [-0.4, -0.2) is 35.1 Å². The van der Waals surface area contributed by atoms with E-state index in [2.05, 4.69) is 6.07 Å². The van der Waals surface area contributed by atoms with E-state index < -0.39 is 0 Å². The zero-order valence-corrected chi connectivity index (χ0v) is 16.3. The standard InChI is InChI=1S/C22H23N3O3/c1-14-8-9-18(15(2)10-14)24-12-16(11-20(24)26)22-23-17-6-4-5-7-19(17)25(22)13-21(27)28-3/h4-10,16H,11-13H2,1-3H3. The largest absolute Gasteiger partial charge is 0.468 e. The third kappa shape index (κ3) is 3.15. The molecule has 1 amide bonds. The Bertz CT molecular complexity index is 1070. The molecule has 1 aliphatic heterocycles. The van der Waals surface area contributed by atoms with E-state index in [1.165, 1.54) is 12.7 Å². The number of methoxy groups -OCH3 is 1. The first-order valence-corrected chi connectivity index (χ1v) is 9.37. The van der Waals surface area contributed by atoms with Crippen molar-refractivity contribution in [2.45, 2.75) is 32.7 Å². The number of rotatable bonds is 4. The number of benzene rings is 2. The van der Waals surface area contributed by atoms with Crippen LogP contribution in [0.2, 0.25) is 0 Å². The van der Waals surface area contributed by atoms with Crippen molar-refractivity contribution in [2.24, 2.45) is 0 Å². The summed E-state index contributed by atoms with van der Waals surface area (Å²) in [4.78, 5) is 31.4. The molecule has 4 rings (SSSR count). The normalized spacial score (nSPS) is 16.8. The maximum Gasteiger partial charge on any atom is 0.325 e. The Balaban J connectivity index is 1.71. The second-order valence-electron chi connectivity index (χ2n) is 7.32. The molecule has 6 heteroatoms. The first-order chi connectivity index (χ1) is 13.5. The third-order valence-corrected chi connectivity index (χ3v) is 5.33. The Labute approximate surface area is 163 Å². The number of hydrogen-bond donors (Lipinski definition) is 0. The van der Waals surface area contributed by atoms with Crippen LogP contribution in [0.4, 0.5) is 5.69 Å². The van der Waals surface area contributed by atoms with Crippen LogP contribution in [0.25, 0.3) is 11.0 Å². The summed E-state index contributed by atoms with van der Waals surface area (Å²) in [7, 11) is 1.38. The highest BCUT2D eigenvalue weighted by Crippen LogP contribution is 2.34. The molecule has 1 saturated heterocycles. The van der Waals surface area contributed by atoms with Crippen molar-refractivity contribution >= 4 is 28.6 Å². The van der Waals surface area contributed by atoms with Gasteiger partial charge in [0.2, 0.25) is 5.91 Å². The third-order valence-electron chi connectivity index (χ3n) is 5.33. The van der Waals surface area contributed by atoms with Gasteiger partial charge < -0.3 is 14.2 Å². The van der Waals surface area contributed by atoms with Gasteiger partial charge in [0.15, 0.2) is 0 Å². The molecular weight excluding hydrogens is 354 g/mol. The van der Waals surface area contributed by atoms with E-state index in [1.54, 1.807) is 0 Å². The predicted molar refractivity (Wildman–Crippen MR) is 107 cm³/mol. The highest BCUT2D eigenvalue weighted by molar-refractivity contribution is 5.97. The second kappa shape index (κ2) is 7.11. The lowest BCUT2D eigenvalue weighted by Crippen LogP contribution is -2.25. The van der Waals surface area contributed by atoms with E-state index in [0.29, 0.717) is 13.0 Å². The molecule has 1 aromatic heterocycles. The molecular formula is C22H23N3O3. The van der Waals surface area contributed by atoms with Crippen LogP contribution in [0.3, 0.4) is 0 Å². The Morgan fingerprint density at radius 1 is 1.21 bits per heavy atom. The molecule has 144 valence electrons. The van der Waals surface area contributed by atoms with Crippen LogP contribution in [0.15, 0.2) is 42.5 Å². The lowest BCUT2D eigenvalue weighted by atomic mass is 10.1. The number of fused-ring (bicyclic) bond motifs is 1. The summed E-state index contributed by atoms with van der Waals surface area (Å²) in [6.07, 6.45) is 0.373. The van der Waals surface area contributed by atoms with Crippen LogP contribution < -0.4 is 4.90 Å². The number of esters is 1. The number of nitrogens with zero attached hydrogens (tertiary/aromatic N) is 3. The van der Waals surface area contributed by atoms with Gasteiger partial charge in [-0.1, -0.05) is 29.8 Å². The summed E-state index contributed by atoms with van der Waals surface area (Å²) >= 11 is 0. The highest BCUT2D eigenvalue weighted by atomic mass is 16.5. The summed E-state index contributed by atoms with van der Waals surface area (Å²) in [5, 5.41) is 0. The number of aromatic nitrogens is 2. The summed E-state index contributed by atoms with van der Waals surface area (Å²) in [5.41, 5.74) is 4.88. The van der Waals surface area contributed by atoms with Gasteiger partial charge in [-0.2, -0.15) is 0 Å². The zero-order valence-electron chi connectivity index (χ0n) is 16.3. The van der Waals surface area contributed by atoms with Gasteiger partial charge in [-0.05, 0) is 37.6 Å². The fraction of sp³-hybridized carbons (Fsp3) is 0.318. The molecule has 0 N–H and O–H groups in total. The number of carbonyl (C=O) groups excluding carboxylic acids is 2. The van der Waals surface area contributed by atoms with Crippen molar-refractivity contribution in [1.82, 2.24) is 9.55 Å². The average molecular weight is 377 g/mol. The van der Waals surface area contributed by atoms with Crippen molar-refractivity contribution < 1.29 is 14.3 Å². The lowest BCUT2D eigenvalue weighted by molar-refractivity contribution is -0.141. The number of imidazole rings is 1. The average Bonchev–Trinajstić information content (AvgIpc) is 3.23. The minimum atomic E-state index is -0.333. The van der Waals surface area contributed by atoms with E-state index in [1.807, 2.05) is 59.7 Å². The van der Waals surface area contributed by atoms with Gasteiger partial charge in [-0.15, -0.1) is 0 Å². The molecule has 2 aromatic carbocycles. The van der Waals surface area contributed by atoms with E-state index in [9.17, 15) is 9.59 Å². The van der Waals surface area contributed by atoms with Gasteiger partial charge in [-0.3, -0.25) is 9.59 Å². The molecule has 0 radical (unpaired) electrons. The SMILES string of the molecule is COC(=O)Cn1c(C2CC(=O)N(c3ccc(C)cc3C)C2)nc2ccccc21. The molecule has 1 fully saturated rings. The summed E-state index contributed by atoms with van der Waals surface area (Å²) < 4.78 is 6.74. The van der Waals surface area contributed by atoms with Crippen molar-refractivity contribution in [1.29, 1.82) is 0 Å². The maximum atomic E-state index is 12.8. The molecule has 6 nitrogen and oxygen atoms in total. The van der Waals surface area contributed by atoms with Gasteiger partial charge in [0.25, 0.3) is 0 Å². The van der Waals surface area contributed by atoms with Gasteiger partial charge >= 0.3 is 5.97 Å². The first kappa shape index (κ1) is 18.2. The molecule has 0 spiro atoms. The zero-order chi connectivity index (χ0) is 19.8. The number of ether oxygens (including phenoxy) is 1. The Morgan fingerprint density at radius 3 is 2.75 bits per heavy atom. The van der Waals surface area contributed by atoms with E-state index in [4.69, 9.17) is 9.72 Å². The molecule has 1 atom stereocenters. The molecule has 3 aromatic rings. The number of hydrogen-bond acceptors (Lipinski definition) is 4. The Morgan fingerprint density at radius 2 is 2.00 bits per heavy atom. The Hall–Kier alpha value is -3.15. The first-order valence-electron chi connectivity index (χ1n) is 9.37. The molecule has 0 bridgehead atoms. The van der Waals surface area contributed by atoms with Crippen molar-refractivity contribution in [3.8, 4) is 0 Å². The fourth-order valence-electron chi connectivity index (χ4n) is 3.99. The van der Waals surface area contributed by atoms with Gasteiger partial charge in [-0.25, -0.2) is 4.98 Å². The number of carbonyl (C=O) groups is 2. The Kier molecular flexibility index (Phi) is 4.63. The van der Waals surface area contributed by atoms with Crippen LogP contribution in [0.1, 0.15) is 29.3 Å². The number of para-hydroxylation sites is 2. The van der Waals surface area contributed by atoms with Gasteiger partial charge in [0.1, 0.15) is 12.4 Å². The van der Waals surface area contributed by atoms with E-state index in [0.717, 1.165) is 28.1 Å². The molecule has 0 aliphatic carbocycles. The molecule has 0 saturated carbocycles. The molecule has 1 aliphatic rings. The van der Waals surface area contributed by atoms with Crippen molar-refractivity contribution in [3.05, 3.63) is 59.4 Å². The quantitative estimate of drug-likeness (QED) is 0.654. The number of anilines is 1. The smallest absolute Gasteiger partial charge is 0.325 e. The fourth-order valence-corrected chi connectivity index (χ4v) is 3.99. The van der Waals surface area contributed by atoms with Gasteiger partial charge in [0, 0.05) is 24.6 Å². The molecule has 2 heterocycles. The minimum Gasteiger partial charge on any atom is -0.468 e. The molecule has 28 heavy (non-hydrogen) atoms. The van der Waals surface area contributed by atoms with Gasteiger partial charge in [0.05, 0.1) is 18.1 Å². The van der Waals surface area contributed by atoms with E-state index >= 15 is 0 Å². The van der Waals surface area contributed by atoms with Crippen LogP contribution in [-0.2, 0) is 20.9 Å². The molecule has 1 unspecified atom stereocenters. The highest BCUT2D eigenvalue weighted by Gasteiger charge is 2.35. The maximum absolute atomic E-state index is 12.8. The number of amides is 1. The topological polar surface area (TPSA) is 64.4 Å². The van der Waals surface area contributed by atoms with E-state index in [-0.39, 0.29) is 24.3 Å². The second-order valence-corrected chi connectivity index (χ2v) is 7.32. The summed E-state index contributed by atoms with van der Waals surface area (Å²) in [6, 6.07) is 13.8.